The number of piperidine rings is 1. The lowest BCUT2D eigenvalue weighted by Crippen LogP contribution is -2.44. The van der Waals surface area contributed by atoms with Gasteiger partial charge in [0.25, 0.3) is 0 Å². The molecule has 0 aromatic heterocycles. The van der Waals surface area contributed by atoms with E-state index in [-0.39, 0.29) is 18.1 Å². The maximum Gasteiger partial charge on any atom is 0.224 e. The first-order valence-electron chi connectivity index (χ1n) is 8.76. The monoisotopic (exact) mass is 368 g/mol. The highest BCUT2D eigenvalue weighted by Gasteiger charge is 2.32. The summed E-state index contributed by atoms with van der Waals surface area (Å²) in [4.78, 5) is 14.4. The second-order valence-electron chi connectivity index (χ2n) is 6.37. The lowest BCUT2D eigenvalue weighted by molar-refractivity contribution is -0.139. The Kier molecular flexibility index (Phi) is 6.39. The van der Waals surface area contributed by atoms with E-state index in [1.165, 1.54) is 0 Å². The first-order valence-corrected chi connectivity index (χ1v) is 9.13. The molecule has 1 unspecified atom stereocenters. The van der Waals surface area contributed by atoms with Gasteiger partial charge in [0.15, 0.2) is 6.29 Å². The third-order valence-electron chi connectivity index (χ3n) is 4.66. The van der Waals surface area contributed by atoms with Gasteiger partial charge >= 0.3 is 0 Å². The van der Waals surface area contributed by atoms with E-state index in [1.807, 2.05) is 11.0 Å². The summed E-state index contributed by atoms with van der Waals surface area (Å²) in [5.74, 6) is 1.14. The number of nitrogens with zero attached hydrogens (tertiary/aromatic N) is 1. The minimum atomic E-state index is -0.149. The molecule has 1 N–H and O–H groups in total. The number of likely N-dealkylation sites (tertiary alicyclic amines) is 1. The highest BCUT2D eigenvalue weighted by atomic mass is 35.5. The Balaban J connectivity index is 1.48. The number of hydrogen-bond donors (Lipinski definition) is 1. The van der Waals surface area contributed by atoms with Gasteiger partial charge < -0.3 is 24.4 Å². The standard InChI is InChI=1S/C18H25ClN2O4/c1-23-16-5-4-14(19)11-15(16)20-7-6-17(22)21-8-2-3-13(12-21)18-24-9-10-25-18/h4-5,11,13,18,20H,2-3,6-10,12H2,1H3. The molecule has 1 atom stereocenters. The second-order valence-corrected chi connectivity index (χ2v) is 6.81. The van der Waals surface area contributed by atoms with Crippen LogP contribution in [0.15, 0.2) is 18.2 Å². The van der Waals surface area contributed by atoms with Gasteiger partial charge in [0.1, 0.15) is 5.75 Å². The van der Waals surface area contributed by atoms with E-state index < -0.39 is 0 Å². The zero-order chi connectivity index (χ0) is 17.6. The quantitative estimate of drug-likeness (QED) is 0.836. The normalized spacial score (nSPS) is 21.4. The summed E-state index contributed by atoms with van der Waals surface area (Å²) in [6.45, 7) is 3.36. The number of carbonyl (C=O) groups excluding carboxylic acids is 1. The van der Waals surface area contributed by atoms with E-state index >= 15 is 0 Å². The van der Waals surface area contributed by atoms with E-state index in [9.17, 15) is 4.79 Å². The molecule has 138 valence electrons. The van der Waals surface area contributed by atoms with E-state index in [2.05, 4.69) is 5.32 Å². The fourth-order valence-electron chi connectivity index (χ4n) is 3.39. The van der Waals surface area contributed by atoms with Crippen LogP contribution in [0.5, 0.6) is 5.75 Å². The van der Waals surface area contributed by atoms with Crippen molar-refractivity contribution >= 4 is 23.2 Å². The summed E-state index contributed by atoms with van der Waals surface area (Å²) in [7, 11) is 1.61. The molecule has 0 aliphatic carbocycles. The van der Waals surface area contributed by atoms with Crippen molar-refractivity contribution in [3.8, 4) is 5.75 Å². The molecule has 2 aliphatic rings. The molecule has 0 spiro atoms. The van der Waals surface area contributed by atoms with Crippen molar-refractivity contribution in [2.45, 2.75) is 25.6 Å². The van der Waals surface area contributed by atoms with E-state index in [0.29, 0.717) is 43.5 Å². The Morgan fingerprint density at radius 1 is 1.40 bits per heavy atom. The highest BCUT2D eigenvalue weighted by molar-refractivity contribution is 6.30. The van der Waals surface area contributed by atoms with E-state index in [4.69, 9.17) is 25.8 Å². The molecule has 25 heavy (non-hydrogen) atoms. The largest absolute Gasteiger partial charge is 0.495 e. The number of methoxy groups -OCH3 is 1. The number of halogens is 1. The van der Waals surface area contributed by atoms with Crippen LogP contribution in [-0.4, -0.2) is 57.1 Å². The van der Waals surface area contributed by atoms with E-state index in [1.54, 1.807) is 19.2 Å². The molecule has 2 heterocycles. The number of benzene rings is 1. The molecule has 6 nitrogen and oxygen atoms in total. The number of nitrogens with one attached hydrogen (secondary N) is 1. The van der Waals surface area contributed by atoms with Gasteiger partial charge in [-0.05, 0) is 31.0 Å². The van der Waals surface area contributed by atoms with Crippen LogP contribution in [0, 0.1) is 5.92 Å². The van der Waals surface area contributed by atoms with Crippen LogP contribution in [0.1, 0.15) is 19.3 Å². The SMILES string of the molecule is COc1ccc(Cl)cc1NCCC(=O)N1CCCC(C2OCCO2)C1. The third-order valence-corrected chi connectivity index (χ3v) is 4.89. The molecule has 0 bridgehead atoms. The molecule has 0 saturated carbocycles. The Labute approximate surface area is 153 Å². The molecule has 2 fully saturated rings. The van der Waals surface area contributed by atoms with E-state index in [0.717, 1.165) is 25.1 Å². The van der Waals surface area contributed by atoms with Gasteiger partial charge in [-0.25, -0.2) is 0 Å². The van der Waals surface area contributed by atoms with Crippen molar-refractivity contribution in [2.24, 2.45) is 5.92 Å². The summed E-state index contributed by atoms with van der Waals surface area (Å²) in [6, 6.07) is 5.39. The Morgan fingerprint density at radius 2 is 2.20 bits per heavy atom. The second kappa shape index (κ2) is 8.74. The summed E-state index contributed by atoms with van der Waals surface area (Å²) < 4.78 is 16.5. The number of carbonyl (C=O) groups is 1. The van der Waals surface area contributed by atoms with Gasteiger partial charge in [0.05, 0.1) is 26.0 Å². The zero-order valence-electron chi connectivity index (χ0n) is 14.5. The van der Waals surface area contributed by atoms with Gasteiger partial charge in [-0.1, -0.05) is 11.6 Å². The smallest absolute Gasteiger partial charge is 0.224 e. The predicted octanol–water partition coefficient (Wildman–Crippen LogP) is 2.76. The lowest BCUT2D eigenvalue weighted by Gasteiger charge is -2.34. The summed E-state index contributed by atoms with van der Waals surface area (Å²) in [6.07, 6.45) is 2.32. The highest BCUT2D eigenvalue weighted by Crippen LogP contribution is 2.28. The molecule has 2 saturated heterocycles. The molecule has 7 heteroatoms. The van der Waals surface area contributed by atoms with Crippen LogP contribution in [0.4, 0.5) is 5.69 Å². The molecule has 2 aliphatic heterocycles. The fraction of sp³-hybridized carbons (Fsp3) is 0.611. The molecule has 3 rings (SSSR count). The number of amides is 1. The minimum Gasteiger partial charge on any atom is -0.495 e. The van der Waals surface area contributed by atoms with Crippen LogP contribution in [0.3, 0.4) is 0 Å². The topological polar surface area (TPSA) is 60.0 Å². The molecule has 1 aromatic rings. The van der Waals surface area contributed by atoms with Gasteiger partial charge in [0.2, 0.25) is 5.91 Å². The Bertz CT molecular complexity index is 592. The lowest BCUT2D eigenvalue weighted by atomic mass is 9.97. The van der Waals surface area contributed by atoms with Crippen molar-refractivity contribution in [3.63, 3.8) is 0 Å². The Morgan fingerprint density at radius 3 is 2.96 bits per heavy atom. The van der Waals surface area contributed by atoms with Crippen molar-refractivity contribution in [3.05, 3.63) is 23.2 Å². The number of anilines is 1. The average Bonchev–Trinajstić information content (AvgIpc) is 3.17. The summed E-state index contributed by atoms with van der Waals surface area (Å²) >= 11 is 6.02. The molecule has 1 amide bonds. The van der Waals surface area contributed by atoms with Crippen molar-refractivity contribution in [1.29, 1.82) is 0 Å². The predicted molar refractivity (Wildman–Crippen MR) is 96.1 cm³/mol. The van der Waals surface area contributed by atoms with Crippen molar-refractivity contribution in [1.82, 2.24) is 4.90 Å². The minimum absolute atomic E-state index is 0.149. The maximum atomic E-state index is 12.5. The first kappa shape index (κ1) is 18.3. The van der Waals surface area contributed by atoms with Crippen LogP contribution in [0.2, 0.25) is 5.02 Å². The molecular formula is C18H25ClN2O4. The number of hydrogen-bond acceptors (Lipinski definition) is 5. The Hall–Kier alpha value is -1.50. The van der Waals surface area contributed by atoms with Crippen LogP contribution in [-0.2, 0) is 14.3 Å². The van der Waals surface area contributed by atoms with Crippen molar-refractivity contribution < 1.29 is 19.0 Å². The van der Waals surface area contributed by atoms with Gasteiger partial charge in [-0.2, -0.15) is 0 Å². The van der Waals surface area contributed by atoms with Gasteiger partial charge in [0, 0.05) is 37.0 Å². The molecule has 1 aromatic carbocycles. The molecular weight excluding hydrogens is 344 g/mol. The number of rotatable bonds is 6. The van der Waals surface area contributed by atoms with Gasteiger partial charge in [-0.15, -0.1) is 0 Å². The van der Waals surface area contributed by atoms with Crippen LogP contribution < -0.4 is 10.1 Å². The van der Waals surface area contributed by atoms with Crippen LogP contribution in [0.25, 0.3) is 0 Å². The van der Waals surface area contributed by atoms with Crippen molar-refractivity contribution in [2.75, 3.05) is 45.3 Å². The molecule has 0 radical (unpaired) electrons. The van der Waals surface area contributed by atoms with Gasteiger partial charge in [-0.3, -0.25) is 4.79 Å². The maximum absolute atomic E-state index is 12.5. The van der Waals surface area contributed by atoms with Crippen LogP contribution >= 0.6 is 11.6 Å². The zero-order valence-corrected chi connectivity index (χ0v) is 15.3. The fourth-order valence-corrected chi connectivity index (χ4v) is 3.56. The number of ether oxygens (including phenoxy) is 3. The third kappa shape index (κ3) is 4.77. The average molecular weight is 369 g/mol. The summed E-state index contributed by atoms with van der Waals surface area (Å²) in [5, 5.41) is 3.86. The first-order chi connectivity index (χ1) is 12.2. The summed E-state index contributed by atoms with van der Waals surface area (Å²) in [5.41, 5.74) is 0.798.